The van der Waals surface area contributed by atoms with Crippen molar-refractivity contribution in [2.75, 3.05) is 25.6 Å². The Kier molecular flexibility index (Phi) is 5.54. The fourth-order valence-electron chi connectivity index (χ4n) is 2.56. The number of hydrogen-bond donors (Lipinski definition) is 2. The van der Waals surface area contributed by atoms with Crippen molar-refractivity contribution in [3.8, 4) is 6.01 Å². The van der Waals surface area contributed by atoms with Gasteiger partial charge < -0.3 is 18.7 Å². The van der Waals surface area contributed by atoms with Crippen LogP contribution in [0.1, 0.15) is 22.9 Å². The molecule has 0 saturated heterocycles. The van der Waals surface area contributed by atoms with Crippen LogP contribution in [0, 0.1) is 20.8 Å². The summed E-state index contributed by atoms with van der Waals surface area (Å²) in [5, 5.41) is 5.94. The van der Waals surface area contributed by atoms with Crippen molar-refractivity contribution in [1.82, 2.24) is 19.7 Å². The molecule has 1 aliphatic heterocycles. The molecule has 0 saturated carbocycles. The topological polar surface area (TPSA) is 167 Å². The van der Waals surface area contributed by atoms with Gasteiger partial charge in [-0.1, -0.05) is 0 Å². The van der Waals surface area contributed by atoms with Crippen LogP contribution in [0.2, 0.25) is 0 Å². The van der Waals surface area contributed by atoms with E-state index in [1.165, 1.54) is 14.0 Å². The number of ether oxygens (including phenoxy) is 2. The third-order valence-corrected chi connectivity index (χ3v) is 5.09. The number of rotatable bonds is 5. The van der Waals surface area contributed by atoms with E-state index in [-0.39, 0.29) is 58.9 Å². The standard InChI is InChI=1S/C15H18N6O7S/c1-7-10(12-20-27-6-5-26-12)11(8(2)28-7)29(23,24)21-14(22)18-13-16-9(3)17-15(19-13)25-4/h5-6H2,1-4H3,(H2,16,17,18,19,21,22). The molecule has 1 aliphatic rings. The molecule has 29 heavy (non-hydrogen) atoms. The number of carbonyl (C=O) groups excluding carboxylic acids is 1. The van der Waals surface area contributed by atoms with E-state index in [2.05, 4.69) is 25.4 Å². The van der Waals surface area contributed by atoms with Gasteiger partial charge in [0.15, 0.2) is 6.61 Å². The number of nitrogens with one attached hydrogen (secondary N) is 2. The van der Waals surface area contributed by atoms with Crippen molar-refractivity contribution in [3.63, 3.8) is 0 Å². The Morgan fingerprint density at radius 1 is 1.10 bits per heavy atom. The summed E-state index contributed by atoms with van der Waals surface area (Å²) in [6, 6.07) is -1.13. The highest BCUT2D eigenvalue weighted by molar-refractivity contribution is 7.90. The number of amides is 2. The lowest BCUT2D eigenvalue weighted by Gasteiger charge is -2.14. The summed E-state index contributed by atoms with van der Waals surface area (Å²) in [7, 11) is -3.03. The number of aromatic nitrogens is 3. The van der Waals surface area contributed by atoms with Crippen molar-refractivity contribution in [2.24, 2.45) is 5.16 Å². The second-order valence-electron chi connectivity index (χ2n) is 5.75. The lowest BCUT2D eigenvalue weighted by molar-refractivity contribution is 0.0652. The van der Waals surface area contributed by atoms with Crippen LogP contribution in [0.15, 0.2) is 14.5 Å². The first-order chi connectivity index (χ1) is 13.7. The van der Waals surface area contributed by atoms with E-state index in [1.807, 2.05) is 4.72 Å². The Morgan fingerprint density at radius 3 is 2.52 bits per heavy atom. The summed E-state index contributed by atoms with van der Waals surface area (Å²) in [4.78, 5) is 28.5. The van der Waals surface area contributed by atoms with Gasteiger partial charge in [-0.15, -0.1) is 0 Å². The Balaban J connectivity index is 1.87. The Bertz CT molecular complexity index is 1080. The van der Waals surface area contributed by atoms with Crippen LogP contribution in [-0.4, -0.2) is 55.6 Å². The maximum atomic E-state index is 12.9. The highest BCUT2D eigenvalue weighted by Crippen LogP contribution is 2.28. The van der Waals surface area contributed by atoms with E-state index in [9.17, 15) is 13.2 Å². The number of methoxy groups -OCH3 is 1. The molecule has 0 aliphatic carbocycles. The number of urea groups is 1. The fraction of sp³-hybridized carbons (Fsp3) is 0.400. The molecule has 2 aromatic rings. The van der Waals surface area contributed by atoms with E-state index in [0.29, 0.717) is 0 Å². The molecule has 0 spiro atoms. The molecule has 2 amide bonds. The predicted octanol–water partition coefficient (Wildman–Crippen LogP) is 0.617. The molecule has 0 atom stereocenters. The molecule has 0 radical (unpaired) electrons. The first-order valence-electron chi connectivity index (χ1n) is 8.25. The molecule has 0 fully saturated rings. The molecule has 3 rings (SSSR count). The van der Waals surface area contributed by atoms with Crippen LogP contribution in [0.25, 0.3) is 0 Å². The Hall–Kier alpha value is -3.42. The number of anilines is 1. The predicted molar refractivity (Wildman–Crippen MR) is 97.1 cm³/mol. The summed E-state index contributed by atoms with van der Waals surface area (Å²) in [6.45, 7) is 4.96. The summed E-state index contributed by atoms with van der Waals surface area (Å²) in [5.41, 5.74) is 0.0696. The maximum absolute atomic E-state index is 12.9. The first-order valence-corrected chi connectivity index (χ1v) is 9.73. The van der Waals surface area contributed by atoms with Crippen LogP contribution < -0.4 is 14.8 Å². The molecule has 0 bridgehead atoms. The zero-order chi connectivity index (χ0) is 21.2. The third kappa shape index (κ3) is 4.37. The van der Waals surface area contributed by atoms with E-state index in [4.69, 9.17) is 18.7 Å². The fourth-order valence-corrected chi connectivity index (χ4v) is 3.88. The average Bonchev–Trinajstić information content (AvgIpc) is 2.96. The molecule has 14 heteroatoms. The normalized spacial score (nSPS) is 13.7. The number of carbonyl (C=O) groups is 1. The van der Waals surface area contributed by atoms with Crippen molar-refractivity contribution in [1.29, 1.82) is 0 Å². The molecule has 0 aromatic carbocycles. The SMILES string of the molecule is COc1nc(C)nc(NC(=O)NS(=O)(=O)c2c(C)oc(C)c2C2=NOCCO2)n1. The highest BCUT2D eigenvalue weighted by Gasteiger charge is 2.33. The number of hydrogen-bond acceptors (Lipinski definition) is 11. The first kappa shape index (κ1) is 20.3. The lowest BCUT2D eigenvalue weighted by atomic mass is 10.2. The zero-order valence-corrected chi connectivity index (χ0v) is 16.8. The van der Waals surface area contributed by atoms with Gasteiger partial charge in [0.05, 0.1) is 7.11 Å². The summed E-state index contributed by atoms with van der Waals surface area (Å²) < 4.78 is 43.3. The van der Waals surface area contributed by atoms with E-state index < -0.39 is 16.1 Å². The van der Waals surface area contributed by atoms with E-state index >= 15 is 0 Å². The molecule has 156 valence electrons. The second kappa shape index (κ2) is 7.90. The lowest BCUT2D eigenvalue weighted by Crippen LogP contribution is -2.36. The van der Waals surface area contributed by atoms with Crippen LogP contribution in [0.5, 0.6) is 6.01 Å². The van der Waals surface area contributed by atoms with Crippen molar-refractivity contribution in [3.05, 3.63) is 22.9 Å². The molecular weight excluding hydrogens is 408 g/mol. The van der Waals surface area contributed by atoms with Gasteiger partial charge in [-0.2, -0.15) is 15.0 Å². The summed E-state index contributed by atoms with van der Waals surface area (Å²) >= 11 is 0. The molecular formula is C15H18N6O7S. The van der Waals surface area contributed by atoms with Crippen LogP contribution in [0.4, 0.5) is 10.7 Å². The minimum absolute atomic E-state index is 0.0355. The monoisotopic (exact) mass is 426 g/mol. The van der Waals surface area contributed by atoms with Crippen molar-refractivity contribution >= 4 is 27.9 Å². The molecule has 2 aromatic heterocycles. The number of nitrogens with zero attached hydrogens (tertiary/aromatic N) is 4. The summed E-state index contributed by atoms with van der Waals surface area (Å²) in [5.74, 6) is 0.323. The number of sulfonamides is 1. The van der Waals surface area contributed by atoms with E-state index in [1.54, 1.807) is 13.8 Å². The van der Waals surface area contributed by atoms with Crippen LogP contribution in [-0.2, 0) is 19.6 Å². The average molecular weight is 426 g/mol. The van der Waals surface area contributed by atoms with Gasteiger partial charge in [0.1, 0.15) is 34.4 Å². The quantitative estimate of drug-likeness (QED) is 0.691. The minimum atomic E-state index is -4.37. The van der Waals surface area contributed by atoms with Gasteiger partial charge in [0.25, 0.3) is 15.9 Å². The van der Waals surface area contributed by atoms with Crippen molar-refractivity contribution < 1.29 is 31.9 Å². The van der Waals surface area contributed by atoms with Crippen LogP contribution in [0.3, 0.4) is 0 Å². The van der Waals surface area contributed by atoms with Gasteiger partial charge >= 0.3 is 12.0 Å². The van der Waals surface area contributed by atoms with Crippen LogP contribution >= 0.6 is 0 Å². The minimum Gasteiger partial charge on any atom is -0.471 e. The van der Waals surface area contributed by atoms with Gasteiger partial charge in [-0.05, 0) is 25.9 Å². The van der Waals surface area contributed by atoms with Gasteiger partial charge in [-0.3, -0.25) is 5.32 Å². The Morgan fingerprint density at radius 2 is 1.86 bits per heavy atom. The molecule has 13 nitrogen and oxygen atoms in total. The highest BCUT2D eigenvalue weighted by atomic mass is 32.2. The number of furan rings is 1. The van der Waals surface area contributed by atoms with E-state index in [0.717, 1.165) is 0 Å². The zero-order valence-electron chi connectivity index (χ0n) is 16.0. The smallest absolute Gasteiger partial charge is 0.335 e. The number of oxime groups is 1. The molecule has 2 N–H and O–H groups in total. The number of aryl methyl sites for hydroxylation is 3. The van der Waals surface area contributed by atoms with Crippen molar-refractivity contribution in [2.45, 2.75) is 25.7 Å². The van der Waals surface area contributed by atoms with Gasteiger partial charge in [0.2, 0.25) is 5.95 Å². The molecule has 0 unspecified atom stereocenters. The maximum Gasteiger partial charge on any atom is 0.335 e. The summed E-state index contributed by atoms with van der Waals surface area (Å²) in [6.07, 6.45) is 0. The molecule has 3 heterocycles. The largest absolute Gasteiger partial charge is 0.471 e. The van der Waals surface area contributed by atoms with Gasteiger partial charge in [0, 0.05) is 0 Å². The van der Waals surface area contributed by atoms with Gasteiger partial charge in [-0.25, -0.2) is 17.9 Å². The Labute approximate surface area is 165 Å². The second-order valence-corrected chi connectivity index (χ2v) is 7.37. The third-order valence-electron chi connectivity index (χ3n) is 3.61.